The Kier molecular flexibility index (Phi) is 2.92. The average Bonchev–Trinajstić information content (AvgIpc) is 2.24. The summed E-state index contributed by atoms with van der Waals surface area (Å²) in [5.41, 5.74) is 0.886. The predicted molar refractivity (Wildman–Crippen MR) is 68.6 cm³/mol. The molecule has 1 aromatic carbocycles. The van der Waals surface area contributed by atoms with Crippen molar-refractivity contribution in [1.82, 2.24) is 0 Å². The van der Waals surface area contributed by atoms with Crippen LogP contribution in [0.3, 0.4) is 0 Å². The Balaban J connectivity index is 2.47. The molecule has 16 heavy (non-hydrogen) atoms. The number of ether oxygens (including phenoxy) is 2. The lowest BCUT2D eigenvalue weighted by Gasteiger charge is -2.32. The van der Waals surface area contributed by atoms with Gasteiger partial charge in [0.25, 0.3) is 0 Å². The number of carbonyl (C=O) groups is 1. The normalized spacial score (nSPS) is 19.1. The maximum atomic E-state index is 11.6. The largest absolute Gasteiger partial charge is 0.451 e. The fourth-order valence-corrected chi connectivity index (χ4v) is 1.98. The number of hydrogen-bond donors (Lipinski definition) is 0. The Morgan fingerprint density at radius 3 is 2.38 bits per heavy atom. The first kappa shape index (κ1) is 11.4. The molecular weight excluding hydrogens is 319 g/mol. The van der Waals surface area contributed by atoms with Crippen LogP contribution in [-0.2, 0) is 14.3 Å². The molecule has 0 saturated heterocycles. The standard InChI is InChI=1S/C12H11IO3/c1-12(2)15-10(9(13)11(14)16-12)8-6-4-3-5-7-8/h3-7H,1-2H3. The lowest BCUT2D eigenvalue weighted by atomic mass is 10.1. The van der Waals surface area contributed by atoms with E-state index in [0.717, 1.165) is 5.56 Å². The molecule has 0 atom stereocenters. The van der Waals surface area contributed by atoms with Crippen LogP contribution in [0.15, 0.2) is 33.9 Å². The van der Waals surface area contributed by atoms with E-state index in [4.69, 9.17) is 9.47 Å². The molecule has 3 nitrogen and oxygen atoms in total. The van der Waals surface area contributed by atoms with E-state index >= 15 is 0 Å². The number of cyclic esters (lactones) is 1. The summed E-state index contributed by atoms with van der Waals surface area (Å²) in [4.78, 5) is 11.6. The summed E-state index contributed by atoms with van der Waals surface area (Å²) in [6.07, 6.45) is 0. The first-order chi connectivity index (χ1) is 7.49. The van der Waals surface area contributed by atoms with Crippen molar-refractivity contribution in [2.75, 3.05) is 0 Å². The summed E-state index contributed by atoms with van der Waals surface area (Å²) in [5, 5.41) is 0. The summed E-state index contributed by atoms with van der Waals surface area (Å²) in [7, 11) is 0. The number of carbonyl (C=O) groups excluding carboxylic acids is 1. The van der Waals surface area contributed by atoms with E-state index < -0.39 is 5.79 Å². The third-order valence-corrected chi connectivity index (χ3v) is 3.03. The molecule has 0 spiro atoms. The van der Waals surface area contributed by atoms with E-state index in [1.165, 1.54) is 0 Å². The SMILES string of the molecule is CC1(C)OC(=O)C(I)=C(c2ccccc2)O1. The molecule has 0 radical (unpaired) electrons. The maximum Gasteiger partial charge on any atom is 0.351 e. The molecule has 0 unspecified atom stereocenters. The second-order valence-electron chi connectivity index (χ2n) is 3.90. The second-order valence-corrected chi connectivity index (χ2v) is 4.98. The van der Waals surface area contributed by atoms with Crippen molar-refractivity contribution in [3.63, 3.8) is 0 Å². The number of halogens is 1. The predicted octanol–water partition coefficient (Wildman–Crippen LogP) is 3.10. The van der Waals surface area contributed by atoms with Gasteiger partial charge in [0.2, 0.25) is 5.79 Å². The first-order valence-corrected chi connectivity index (χ1v) is 5.95. The lowest BCUT2D eigenvalue weighted by molar-refractivity contribution is -0.193. The first-order valence-electron chi connectivity index (χ1n) is 4.87. The number of esters is 1. The van der Waals surface area contributed by atoms with Gasteiger partial charge < -0.3 is 9.47 Å². The number of rotatable bonds is 1. The van der Waals surface area contributed by atoms with E-state index in [-0.39, 0.29) is 5.97 Å². The van der Waals surface area contributed by atoms with Gasteiger partial charge in [0.15, 0.2) is 5.76 Å². The lowest BCUT2D eigenvalue weighted by Crippen LogP contribution is -2.35. The number of benzene rings is 1. The smallest absolute Gasteiger partial charge is 0.351 e. The van der Waals surface area contributed by atoms with Crippen molar-refractivity contribution in [3.8, 4) is 0 Å². The third kappa shape index (κ3) is 2.21. The van der Waals surface area contributed by atoms with Gasteiger partial charge in [-0.25, -0.2) is 4.79 Å². The van der Waals surface area contributed by atoms with Gasteiger partial charge >= 0.3 is 5.97 Å². The van der Waals surface area contributed by atoms with Gasteiger partial charge in [-0.2, -0.15) is 0 Å². The summed E-state index contributed by atoms with van der Waals surface area (Å²) < 4.78 is 11.3. The molecule has 1 aliphatic rings. The Morgan fingerprint density at radius 2 is 1.75 bits per heavy atom. The minimum atomic E-state index is -0.906. The molecule has 0 aliphatic carbocycles. The zero-order valence-corrected chi connectivity index (χ0v) is 11.1. The summed E-state index contributed by atoms with van der Waals surface area (Å²) in [5.74, 6) is -0.658. The van der Waals surface area contributed by atoms with Gasteiger partial charge in [-0.05, 0) is 22.6 Å². The average molecular weight is 330 g/mol. The van der Waals surface area contributed by atoms with Gasteiger partial charge in [0.05, 0.1) is 0 Å². The highest BCUT2D eigenvalue weighted by Gasteiger charge is 2.35. The van der Waals surface area contributed by atoms with E-state index in [1.807, 2.05) is 52.9 Å². The van der Waals surface area contributed by atoms with Gasteiger partial charge in [0, 0.05) is 19.4 Å². The van der Waals surface area contributed by atoms with E-state index in [2.05, 4.69) is 0 Å². The Bertz CT molecular complexity index is 449. The van der Waals surface area contributed by atoms with Crippen LogP contribution in [0.1, 0.15) is 19.4 Å². The molecule has 1 aromatic rings. The summed E-state index contributed by atoms with van der Waals surface area (Å²) in [6.45, 7) is 3.44. The van der Waals surface area contributed by atoms with Crippen molar-refractivity contribution in [3.05, 3.63) is 39.5 Å². The molecule has 0 amide bonds. The molecule has 0 aromatic heterocycles. The van der Waals surface area contributed by atoms with Gasteiger partial charge in [0.1, 0.15) is 3.58 Å². The molecule has 0 N–H and O–H groups in total. The molecule has 0 bridgehead atoms. The highest BCUT2D eigenvalue weighted by atomic mass is 127. The molecule has 1 aliphatic heterocycles. The van der Waals surface area contributed by atoms with Gasteiger partial charge in [-0.1, -0.05) is 30.3 Å². The Hall–Kier alpha value is -1.04. The molecule has 0 fully saturated rings. The van der Waals surface area contributed by atoms with Crippen molar-refractivity contribution < 1.29 is 14.3 Å². The van der Waals surface area contributed by atoms with Crippen LogP contribution in [0.2, 0.25) is 0 Å². The number of hydrogen-bond acceptors (Lipinski definition) is 3. The van der Waals surface area contributed by atoms with Crippen LogP contribution < -0.4 is 0 Å². The quantitative estimate of drug-likeness (QED) is 0.586. The Morgan fingerprint density at radius 1 is 1.12 bits per heavy atom. The van der Waals surface area contributed by atoms with E-state index in [9.17, 15) is 4.79 Å². The highest BCUT2D eigenvalue weighted by molar-refractivity contribution is 14.1. The molecule has 4 heteroatoms. The minimum Gasteiger partial charge on any atom is -0.451 e. The molecule has 2 rings (SSSR count). The zero-order valence-electron chi connectivity index (χ0n) is 8.99. The van der Waals surface area contributed by atoms with Crippen LogP contribution in [0.4, 0.5) is 0 Å². The van der Waals surface area contributed by atoms with Gasteiger partial charge in [-0.3, -0.25) is 0 Å². The van der Waals surface area contributed by atoms with Crippen molar-refractivity contribution >= 4 is 34.3 Å². The summed E-state index contributed by atoms with van der Waals surface area (Å²) >= 11 is 1.95. The van der Waals surface area contributed by atoms with E-state index in [1.54, 1.807) is 13.8 Å². The monoisotopic (exact) mass is 330 g/mol. The molecule has 1 heterocycles. The van der Waals surface area contributed by atoms with Crippen LogP contribution >= 0.6 is 22.6 Å². The van der Waals surface area contributed by atoms with E-state index in [0.29, 0.717) is 9.34 Å². The minimum absolute atomic E-state index is 0.337. The molecular formula is C12H11IO3. The summed E-state index contributed by atoms with van der Waals surface area (Å²) in [6, 6.07) is 9.54. The fourth-order valence-electron chi connectivity index (χ4n) is 1.45. The topological polar surface area (TPSA) is 35.5 Å². The van der Waals surface area contributed by atoms with Crippen molar-refractivity contribution in [2.24, 2.45) is 0 Å². The molecule has 0 saturated carbocycles. The van der Waals surface area contributed by atoms with Crippen molar-refractivity contribution in [2.45, 2.75) is 19.6 Å². The molecule has 84 valence electrons. The zero-order chi connectivity index (χ0) is 11.8. The third-order valence-electron chi connectivity index (χ3n) is 2.10. The van der Waals surface area contributed by atoms with Crippen LogP contribution in [0.25, 0.3) is 5.76 Å². The van der Waals surface area contributed by atoms with Crippen molar-refractivity contribution in [1.29, 1.82) is 0 Å². The van der Waals surface area contributed by atoms with Crippen LogP contribution in [0.5, 0.6) is 0 Å². The van der Waals surface area contributed by atoms with Crippen LogP contribution in [0, 0.1) is 0 Å². The fraction of sp³-hybridized carbons (Fsp3) is 0.250. The van der Waals surface area contributed by atoms with Gasteiger partial charge in [-0.15, -0.1) is 0 Å². The maximum absolute atomic E-state index is 11.6. The van der Waals surface area contributed by atoms with Crippen LogP contribution in [-0.4, -0.2) is 11.8 Å². The Labute approximate surface area is 108 Å². The second kappa shape index (κ2) is 4.08. The highest BCUT2D eigenvalue weighted by Crippen LogP contribution is 2.35.